The summed E-state index contributed by atoms with van der Waals surface area (Å²) >= 11 is 0. The standard InChI is InChI=1S/C12H10F3N5O3.C12H11F2N5O4.C12H11F2N5O3.C11H12FN7O3.C11H10FN5O4/c1-17-12(3-21)7(22)6(14)10(23-12)20-2-4(13)5-8(16)18-11(15)19-9(5)20;1-16-12(3-20)7(21)6(14)10(23-12)19-2-4(13)5-8(15)17-11(22)18-9(5)19;1-16-12(3-20)8(21)7(14)11(22-12)19-2-5(13)6-9(15)17-4-18-10(6)19;1-15-11(2-20)6(21)4(12)9(22-11)19-3-16-5-7(13)17-10(14)18-8(5)19;1-13-11(2-18)7(19)5(12)10(21-11)17-4-16-6-8(17)14-3-15-9(6)20/h2,6-7,10,21-22H,3H2,(H2,16,18,19);2,6-7,10,20-21H,3H2,(H3,15,17,18,22);2,4,7-8,11,20-21H,3H2,(H2,15,17,18);3-4,6,9,20-21H,2H2,(H4,13,14,17,18);3-5,7,10,18-19H,2H2,(H,14,15,20). The van der Waals surface area contributed by atoms with E-state index in [0.29, 0.717) is 0 Å². The number of nitrogen functional groups attached to an aromatic ring is 5. The zero-order valence-corrected chi connectivity index (χ0v) is 55.3. The Morgan fingerprint density at radius 2 is 0.802 bits per heavy atom. The van der Waals surface area contributed by atoms with Crippen molar-refractivity contribution in [2.24, 2.45) is 0 Å². The summed E-state index contributed by atoms with van der Waals surface area (Å²) in [6.45, 7) is 30.4. The number of aromatic nitrogens is 17. The fraction of sp³-hybridized carbons (Fsp3) is 0.431. The lowest BCUT2D eigenvalue weighted by molar-refractivity contribution is -0.0979. The van der Waals surface area contributed by atoms with Gasteiger partial charge in [0.25, 0.3) is 5.56 Å². The number of nitrogens with two attached hydrogens (primary N) is 5. The molecular weight excluding hydrogens is 1520 g/mol. The Bertz CT molecular complexity index is 5590. The summed E-state index contributed by atoms with van der Waals surface area (Å²) in [4.78, 5) is 79.0. The van der Waals surface area contributed by atoms with E-state index in [1.807, 2.05) is 0 Å². The molecule has 15 heterocycles. The largest absolute Gasteiger partial charge is 0.390 e. The molecule has 0 aromatic carbocycles. The van der Waals surface area contributed by atoms with Crippen molar-refractivity contribution in [1.29, 1.82) is 0 Å². The molecule has 111 heavy (non-hydrogen) atoms. The van der Waals surface area contributed by atoms with Crippen LogP contribution < -0.4 is 39.9 Å². The molecule has 20 atom stereocenters. The van der Waals surface area contributed by atoms with E-state index < -0.39 is 200 Å². The number of aromatic amines is 2. The number of anilines is 5. The van der Waals surface area contributed by atoms with E-state index in [4.69, 9.17) is 85.2 Å². The number of imidazole rings is 2. The second-order valence-electron chi connectivity index (χ2n) is 24.3. The maximum Gasteiger partial charge on any atom is 0.390 e. The van der Waals surface area contributed by atoms with Crippen molar-refractivity contribution in [3.8, 4) is 0 Å². The van der Waals surface area contributed by atoms with Crippen molar-refractivity contribution in [3.63, 3.8) is 0 Å². The Hall–Kier alpha value is -12.2. The Balaban J connectivity index is 0.000000137. The molecule has 22 N–H and O–H groups in total. The molecule has 20 unspecified atom stereocenters. The molecule has 0 saturated carbocycles. The molecule has 5 aliphatic rings. The first-order chi connectivity index (χ1) is 52.6. The molecule has 44 nitrogen and oxygen atoms in total. The van der Waals surface area contributed by atoms with Gasteiger partial charge in [0, 0.05) is 18.6 Å². The van der Waals surface area contributed by atoms with Gasteiger partial charge in [-0.2, -0.15) is 29.3 Å². The second-order valence-corrected chi connectivity index (χ2v) is 24.3. The first-order valence-electron chi connectivity index (χ1n) is 31.1. The number of nitrogens with zero attached hydrogens (tertiary/aromatic N) is 20. The normalized spacial score (nSPS) is 31.3. The van der Waals surface area contributed by atoms with Gasteiger partial charge in [-0.3, -0.25) is 80.5 Å². The van der Waals surface area contributed by atoms with Gasteiger partial charge in [-0.25, -0.2) is 97.7 Å². The first kappa shape index (κ1) is 79.8. The predicted molar refractivity (Wildman–Crippen MR) is 348 cm³/mol. The fourth-order valence-electron chi connectivity index (χ4n) is 12.2. The smallest absolute Gasteiger partial charge is 0.385 e. The van der Waals surface area contributed by atoms with E-state index in [1.54, 1.807) is 0 Å². The van der Waals surface area contributed by atoms with Gasteiger partial charge in [-0.05, 0) is 0 Å². The van der Waals surface area contributed by atoms with Crippen molar-refractivity contribution in [2.45, 2.75) is 121 Å². The number of rotatable bonds is 10. The van der Waals surface area contributed by atoms with Gasteiger partial charge in [0.1, 0.15) is 29.3 Å². The summed E-state index contributed by atoms with van der Waals surface area (Å²) in [7, 11) is 0. The van der Waals surface area contributed by atoms with Gasteiger partial charge >= 0.3 is 40.4 Å². The van der Waals surface area contributed by atoms with Gasteiger partial charge < -0.3 is 84.7 Å². The van der Waals surface area contributed by atoms with Crippen molar-refractivity contribution in [3.05, 3.63) is 145 Å². The van der Waals surface area contributed by atoms with E-state index in [0.717, 1.165) is 60.4 Å². The number of ether oxygens (including phenoxy) is 5. The number of hydrogen-bond donors (Lipinski definition) is 17. The van der Waals surface area contributed by atoms with Gasteiger partial charge in [0.2, 0.25) is 5.95 Å². The van der Waals surface area contributed by atoms with Crippen LogP contribution in [0.3, 0.4) is 0 Å². The number of nitrogens with one attached hydrogen (secondary N) is 2. The van der Waals surface area contributed by atoms with Crippen molar-refractivity contribution in [1.82, 2.24) is 82.6 Å². The monoisotopic (exact) mass is 1570 g/mol. The van der Waals surface area contributed by atoms with Crippen LogP contribution in [0.5, 0.6) is 0 Å². The van der Waals surface area contributed by atoms with Crippen LogP contribution in [0.4, 0.5) is 68.7 Å². The molecule has 15 rings (SSSR count). The molecule has 5 saturated heterocycles. The zero-order valence-electron chi connectivity index (χ0n) is 55.3. The Morgan fingerprint density at radius 3 is 1.21 bits per heavy atom. The van der Waals surface area contributed by atoms with Crippen LogP contribution in [-0.2, 0) is 23.7 Å². The van der Waals surface area contributed by atoms with Crippen molar-refractivity contribution < 1.29 is 114 Å². The first-order valence-corrected chi connectivity index (χ1v) is 31.1. The molecule has 0 amide bonds. The van der Waals surface area contributed by atoms with Crippen molar-refractivity contribution in [2.75, 3.05) is 61.7 Å². The average Bonchev–Trinajstić information content (AvgIpc) is 1.61. The van der Waals surface area contributed by atoms with Gasteiger partial charge in [-0.15, -0.1) is 0 Å². The molecule has 10 aromatic rings. The maximum atomic E-state index is 14.4. The third-order valence-corrected chi connectivity index (χ3v) is 18.0. The van der Waals surface area contributed by atoms with Crippen LogP contribution in [0, 0.1) is 56.4 Å². The van der Waals surface area contributed by atoms with Crippen LogP contribution in [0.25, 0.3) is 79.7 Å². The highest BCUT2D eigenvalue weighted by molar-refractivity contribution is 5.89. The third-order valence-electron chi connectivity index (χ3n) is 18.0. The molecule has 5 aliphatic heterocycles. The summed E-state index contributed by atoms with van der Waals surface area (Å²) in [5.74, 6) is -3.69. The number of aliphatic hydroxyl groups is 10. The van der Waals surface area contributed by atoms with Gasteiger partial charge in [0.05, 0.1) is 35.1 Å². The van der Waals surface area contributed by atoms with E-state index in [9.17, 15) is 100 Å². The molecular formula is C58H54F9N27O17. The van der Waals surface area contributed by atoms with E-state index in [2.05, 4.69) is 84.0 Å². The topological polar surface area (TPSA) is 620 Å². The number of fused-ring (bicyclic) bond motifs is 5. The Kier molecular flexibility index (Phi) is 21.6. The molecule has 5 fully saturated rings. The van der Waals surface area contributed by atoms with Crippen LogP contribution >= 0.6 is 0 Å². The molecule has 0 radical (unpaired) electrons. The quantitative estimate of drug-likeness (QED) is 0.0373. The average molecular weight is 1570 g/mol. The van der Waals surface area contributed by atoms with Crippen LogP contribution in [-0.4, -0.2) is 257 Å². The number of H-pyrrole nitrogens is 2. The molecule has 0 bridgehead atoms. The minimum Gasteiger partial charge on any atom is -0.385 e. The van der Waals surface area contributed by atoms with Crippen LogP contribution in [0.2, 0.25) is 0 Å². The lowest BCUT2D eigenvalue weighted by atomic mass is 10.1. The van der Waals surface area contributed by atoms with Crippen molar-refractivity contribution >= 4 is 84.6 Å². The second kappa shape index (κ2) is 30.0. The number of alkyl halides is 5. The minimum atomic E-state index is -2.24. The Labute approximate surface area is 608 Å². The highest BCUT2D eigenvalue weighted by Crippen LogP contribution is 2.47. The van der Waals surface area contributed by atoms with Crippen LogP contribution in [0.15, 0.2) is 53.5 Å². The van der Waals surface area contributed by atoms with E-state index in [1.165, 1.54) is 6.33 Å². The summed E-state index contributed by atoms with van der Waals surface area (Å²) in [6.07, 6.45) is -21.9. The zero-order chi connectivity index (χ0) is 81.2. The molecule has 53 heteroatoms. The summed E-state index contributed by atoms with van der Waals surface area (Å²) in [5.41, 5.74) is 15.1. The van der Waals surface area contributed by atoms with E-state index >= 15 is 0 Å². The van der Waals surface area contributed by atoms with E-state index in [-0.39, 0.29) is 73.2 Å². The lowest BCUT2D eigenvalue weighted by Gasteiger charge is -2.16. The third kappa shape index (κ3) is 13.0. The molecule has 0 spiro atoms. The number of halogens is 9. The highest BCUT2D eigenvalue weighted by Gasteiger charge is 2.67. The fourth-order valence-corrected chi connectivity index (χ4v) is 12.2. The van der Waals surface area contributed by atoms with Gasteiger partial charge in [-0.1, -0.05) is 0 Å². The minimum absolute atomic E-state index is 0.00815. The Morgan fingerprint density at radius 1 is 0.432 bits per heavy atom. The highest BCUT2D eigenvalue weighted by atomic mass is 19.2. The number of aliphatic hydroxyl groups excluding tert-OH is 10. The predicted octanol–water partition coefficient (Wildman–Crippen LogP) is -2.82. The van der Waals surface area contributed by atoms with Gasteiger partial charge in [0.15, 0.2) is 183 Å². The summed E-state index contributed by atoms with van der Waals surface area (Å²) in [6, 6.07) is 0. The summed E-state index contributed by atoms with van der Waals surface area (Å²) in [5, 5.41) is 94.6. The molecule has 586 valence electrons. The summed E-state index contributed by atoms with van der Waals surface area (Å²) < 4.78 is 158. The lowest BCUT2D eigenvalue weighted by Crippen LogP contribution is -2.42. The van der Waals surface area contributed by atoms with Crippen LogP contribution in [0.1, 0.15) is 31.1 Å². The number of hydrogen-bond acceptors (Lipinski definition) is 32. The molecule has 0 aliphatic carbocycles. The maximum absolute atomic E-state index is 14.4. The SMILES string of the molecule is [C-]#[N+]C1(CO)OC(n2cc(F)c3c(N)[nH]c(=O)nc32)C(F)C1O.[C-]#[N+]C1(CO)OC(n2cc(F)c3c(N)nc(F)nc32)C(F)C1O.[C-]#[N+]C1(CO)OC(n2cc(F)c3c(N)ncnc32)C(F)C1O.[C-]#[N+]C1(CO)OC(n2cnc3c(=O)[nH]cnc32)C(F)C1O.[C-]#[N+]C1(CO)OC(n2cnc3c(N)nc(N)nc32)C(F)C1O. The molecule has 10 aromatic heterocycles.